The van der Waals surface area contributed by atoms with Crippen LogP contribution < -0.4 is 16.8 Å². The number of aryl methyl sites for hydroxylation is 1. The topological polar surface area (TPSA) is 64.1 Å². The lowest BCUT2D eigenvalue weighted by Crippen LogP contribution is -2.01. The van der Waals surface area contributed by atoms with Gasteiger partial charge in [-0.25, -0.2) is 8.78 Å². The molecule has 0 bridgehead atoms. The zero-order valence-corrected chi connectivity index (χ0v) is 9.80. The maximum Gasteiger partial charge on any atom is 0.152 e. The maximum atomic E-state index is 13.8. The van der Waals surface area contributed by atoms with Crippen LogP contribution in [-0.4, -0.2) is 0 Å². The van der Waals surface area contributed by atoms with Crippen LogP contribution >= 0.6 is 0 Å². The normalized spacial score (nSPS) is 10.4. The first-order valence-corrected chi connectivity index (χ1v) is 5.35. The summed E-state index contributed by atoms with van der Waals surface area (Å²) in [7, 11) is 0. The van der Waals surface area contributed by atoms with E-state index in [2.05, 4.69) is 5.32 Å². The smallest absolute Gasteiger partial charge is 0.152 e. The molecule has 3 nitrogen and oxygen atoms in total. The fourth-order valence-electron chi connectivity index (χ4n) is 1.57. The van der Waals surface area contributed by atoms with Gasteiger partial charge in [0.2, 0.25) is 0 Å². The van der Waals surface area contributed by atoms with Crippen LogP contribution in [0, 0.1) is 18.6 Å². The average molecular weight is 249 g/mol. The zero-order chi connectivity index (χ0) is 13.3. The molecule has 0 unspecified atom stereocenters. The highest BCUT2D eigenvalue weighted by Gasteiger charge is 2.11. The summed E-state index contributed by atoms with van der Waals surface area (Å²) < 4.78 is 27.3. The van der Waals surface area contributed by atoms with E-state index in [-0.39, 0.29) is 5.69 Å². The summed E-state index contributed by atoms with van der Waals surface area (Å²) in [6.07, 6.45) is 0. The summed E-state index contributed by atoms with van der Waals surface area (Å²) in [6, 6.07) is 7.29. The van der Waals surface area contributed by atoms with Crippen LogP contribution in [0.1, 0.15) is 5.56 Å². The van der Waals surface area contributed by atoms with E-state index in [1.807, 2.05) is 0 Å². The van der Waals surface area contributed by atoms with E-state index in [0.717, 1.165) is 0 Å². The summed E-state index contributed by atoms with van der Waals surface area (Å²) >= 11 is 0. The Morgan fingerprint density at radius 1 is 1.00 bits per heavy atom. The van der Waals surface area contributed by atoms with Gasteiger partial charge < -0.3 is 16.8 Å². The Balaban J connectivity index is 2.39. The van der Waals surface area contributed by atoms with Gasteiger partial charge in [0.15, 0.2) is 5.82 Å². The molecule has 2 aromatic rings. The fourth-order valence-corrected chi connectivity index (χ4v) is 1.57. The van der Waals surface area contributed by atoms with Gasteiger partial charge in [-0.05, 0) is 36.8 Å². The Bertz CT molecular complexity index is 597. The summed E-state index contributed by atoms with van der Waals surface area (Å²) in [6.45, 7) is 1.57. The third-order valence-corrected chi connectivity index (χ3v) is 2.64. The summed E-state index contributed by atoms with van der Waals surface area (Å²) in [5.74, 6) is -1.28. The molecule has 0 fully saturated rings. The van der Waals surface area contributed by atoms with E-state index < -0.39 is 11.6 Å². The number of nitrogens with two attached hydrogens (primary N) is 2. The van der Waals surface area contributed by atoms with Gasteiger partial charge in [-0.2, -0.15) is 0 Å². The van der Waals surface area contributed by atoms with Gasteiger partial charge in [0, 0.05) is 5.69 Å². The van der Waals surface area contributed by atoms with Crippen molar-refractivity contribution in [3.63, 3.8) is 0 Å². The van der Waals surface area contributed by atoms with Crippen LogP contribution in [-0.2, 0) is 0 Å². The molecule has 0 heterocycles. The van der Waals surface area contributed by atoms with Gasteiger partial charge in [0.05, 0.1) is 11.4 Å². The average Bonchev–Trinajstić information content (AvgIpc) is 2.34. The quantitative estimate of drug-likeness (QED) is 0.716. The Hall–Kier alpha value is -2.30. The fraction of sp³-hybridized carbons (Fsp3) is 0.0769. The Kier molecular flexibility index (Phi) is 3.06. The second-order valence-corrected chi connectivity index (χ2v) is 4.02. The van der Waals surface area contributed by atoms with Crippen LogP contribution in [0.15, 0.2) is 30.3 Å². The minimum Gasteiger partial charge on any atom is -0.397 e. The second-order valence-electron chi connectivity index (χ2n) is 4.02. The molecule has 2 rings (SSSR count). The molecule has 5 N–H and O–H groups in total. The Morgan fingerprint density at radius 3 is 2.39 bits per heavy atom. The first-order chi connectivity index (χ1) is 8.49. The van der Waals surface area contributed by atoms with Crippen molar-refractivity contribution in [3.05, 3.63) is 47.5 Å². The van der Waals surface area contributed by atoms with Gasteiger partial charge in [0.25, 0.3) is 0 Å². The number of rotatable bonds is 2. The predicted octanol–water partition coefficient (Wildman–Crippen LogP) is 3.18. The molecule has 5 heteroatoms. The van der Waals surface area contributed by atoms with Crippen LogP contribution in [0.25, 0.3) is 0 Å². The molecule has 94 valence electrons. The third-order valence-electron chi connectivity index (χ3n) is 2.64. The molecule has 0 amide bonds. The van der Waals surface area contributed by atoms with E-state index in [4.69, 9.17) is 11.5 Å². The molecule has 0 aliphatic rings. The van der Waals surface area contributed by atoms with Crippen molar-refractivity contribution in [2.45, 2.75) is 6.92 Å². The Labute approximate surface area is 103 Å². The van der Waals surface area contributed by atoms with Crippen molar-refractivity contribution in [1.29, 1.82) is 0 Å². The third kappa shape index (κ3) is 2.20. The Morgan fingerprint density at radius 2 is 1.72 bits per heavy atom. The number of hydrogen-bond acceptors (Lipinski definition) is 3. The molecule has 0 aliphatic carbocycles. The number of anilines is 4. The van der Waals surface area contributed by atoms with Crippen molar-refractivity contribution in [3.8, 4) is 0 Å². The number of hydrogen-bond donors (Lipinski definition) is 3. The van der Waals surface area contributed by atoms with E-state index >= 15 is 0 Å². The highest BCUT2D eigenvalue weighted by atomic mass is 19.1. The number of halogens is 2. The number of nitrogens with one attached hydrogen (secondary N) is 1. The molecule has 0 aromatic heterocycles. The lowest BCUT2D eigenvalue weighted by atomic mass is 10.2. The van der Waals surface area contributed by atoms with Gasteiger partial charge in [-0.3, -0.25) is 0 Å². The molecule has 0 saturated carbocycles. The van der Waals surface area contributed by atoms with E-state index in [0.29, 0.717) is 22.6 Å². The van der Waals surface area contributed by atoms with Crippen LogP contribution in [0.3, 0.4) is 0 Å². The molecule has 0 saturated heterocycles. The molecule has 18 heavy (non-hydrogen) atoms. The predicted molar refractivity (Wildman–Crippen MR) is 69.6 cm³/mol. The molecular weight excluding hydrogens is 236 g/mol. The molecule has 0 radical (unpaired) electrons. The summed E-state index contributed by atoms with van der Waals surface area (Å²) in [5, 5.41) is 2.66. The lowest BCUT2D eigenvalue weighted by Gasteiger charge is -2.11. The van der Waals surface area contributed by atoms with E-state index in [1.165, 1.54) is 18.2 Å². The van der Waals surface area contributed by atoms with Crippen molar-refractivity contribution < 1.29 is 8.78 Å². The van der Waals surface area contributed by atoms with Crippen molar-refractivity contribution in [2.24, 2.45) is 0 Å². The number of benzene rings is 2. The zero-order valence-electron chi connectivity index (χ0n) is 9.80. The molecule has 0 aliphatic heterocycles. The minimum absolute atomic E-state index is 0.195. The van der Waals surface area contributed by atoms with Crippen LogP contribution in [0.4, 0.5) is 31.5 Å². The largest absolute Gasteiger partial charge is 0.397 e. The second kappa shape index (κ2) is 4.52. The van der Waals surface area contributed by atoms with Crippen molar-refractivity contribution in [1.82, 2.24) is 0 Å². The monoisotopic (exact) mass is 249 g/mol. The standard InChI is InChI=1S/C13H13F2N3/c1-7-2-4-9(14)13(12(7)15)18-8-3-5-10(16)11(17)6-8/h2-6,18H,16-17H2,1H3. The van der Waals surface area contributed by atoms with Gasteiger partial charge in [0.1, 0.15) is 11.5 Å². The lowest BCUT2D eigenvalue weighted by molar-refractivity contribution is 0.585. The SMILES string of the molecule is Cc1ccc(F)c(Nc2ccc(N)c(N)c2)c1F. The van der Waals surface area contributed by atoms with E-state index in [9.17, 15) is 8.78 Å². The van der Waals surface area contributed by atoms with Gasteiger partial charge in [-0.1, -0.05) is 6.07 Å². The maximum absolute atomic E-state index is 13.8. The number of nitrogen functional groups attached to an aromatic ring is 2. The van der Waals surface area contributed by atoms with E-state index in [1.54, 1.807) is 19.1 Å². The van der Waals surface area contributed by atoms with Crippen LogP contribution in [0.2, 0.25) is 0 Å². The molecule has 0 atom stereocenters. The first-order valence-electron chi connectivity index (χ1n) is 5.35. The van der Waals surface area contributed by atoms with Gasteiger partial charge in [-0.15, -0.1) is 0 Å². The summed E-state index contributed by atoms with van der Waals surface area (Å²) in [5.41, 5.74) is 12.6. The highest BCUT2D eigenvalue weighted by molar-refractivity contribution is 5.72. The van der Waals surface area contributed by atoms with Crippen molar-refractivity contribution >= 4 is 22.7 Å². The molecule has 2 aromatic carbocycles. The first kappa shape index (κ1) is 12.2. The highest BCUT2D eigenvalue weighted by Crippen LogP contribution is 2.27. The molecular formula is C13H13F2N3. The van der Waals surface area contributed by atoms with Gasteiger partial charge >= 0.3 is 0 Å². The minimum atomic E-state index is -0.659. The van der Waals surface area contributed by atoms with Crippen molar-refractivity contribution in [2.75, 3.05) is 16.8 Å². The molecule has 0 spiro atoms. The summed E-state index contributed by atoms with van der Waals surface area (Å²) in [4.78, 5) is 0. The van der Waals surface area contributed by atoms with Crippen LogP contribution in [0.5, 0.6) is 0 Å².